The van der Waals surface area contributed by atoms with Crippen molar-refractivity contribution in [1.29, 1.82) is 0 Å². The molecule has 3 nitrogen and oxygen atoms in total. The first-order chi connectivity index (χ1) is 7.36. The van der Waals surface area contributed by atoms with E-state index >= 15 is 0 Å². The molecule has 0 amide bonds. The van der Waals surface area contributed by atoms with Gasteiger partial charge >= 0.3 is 0 Å². The van der Waals surface area contributed by atoms with Crippen LogP contribution in [0, 0.1) is 0 Å². The van der Waals surface area contributed by atoms with E-state index in [4.69, 9.17) is 4.74 Å². The maximum atomic E-state index is 5.16. The summed E-state index contributed by atoms with van der Waals surface area (Å²) in [7, 11) is 1.77. The second kappa shape index (κ2) is 8.08. The molecule has 0 bridgehead atoms. The lowest BCUT2D eigenvalue weighted by atomic mass is 10.1. The van der Waals surface area contributed by atoms with Crippen molar-refractivity contribution < 1.29 is 4.74 Å². The molecule has 1 atom stereocenters. The molecule has 0 aromatic rings. The predicted octanol–water partition coefficient (Wildman–Crippen LogP) is 1.49. The van der Waals surface area contributed by atoms with Gasteiger partial charge in [-0.2, -0.15) is 0 Å². The van der Waals surface area contributed by atoms with Crippen molar-refractivity contribution >= 4 is 0 Å². The van der Waals surface area contributed by atoms with Crippen LogP contribution in [0.3, 0.4) is 0 Å². The summed E-state index contributed by atoms with van der Waals surface area (Å²) in [6.07, 6.45) is 5.34. The minimum absolute atomic E-state index is 0.528. The monoisotopic (exact) mass is 214 g/mol. The van der Waals surface area contributed by atoms with Crippen LogP contribution in [-0.4, -0.2) is 50.8 Å². The zero-order chi connectivity index (χ0) is 10.9. The molecule has 3 heteroatoms. The van der Waals surface area contributed by atoms with Gasteiger partial charge in [0.05, 0.1) is 6.61 Å². The van der Waals surface area contributed by atoms with Gasteiger partial charge in [0.25, 0.3) is 0 Å². The van der Waals surface area contributed by atoms with Crippen molar-refractivity contribution in [3.8, 4) is 0 Å². The van der Waals surface area contributed by atoms with E-state index in [0.717, 1.165) is 19.6 Å². The Kier molecular flexibility index (Phi) is 6.98. The Labute approximate surface area is 94.2 Å². The zero-order valence-corrected chi connectivity index (χ0v) is 10.3. The fourth-order valence-electron chi connectivity index (χ4n) is 2.13. The molecule has 1 aliphatic heterocycles. The second-order valence-corrected chi connectivity index (χ2v) is 4.42. The number of methoxy groups -OCH3 is 1. The van der Waals surface area contributed by atoms with Crippen molar-refractivity contribution in [3.63, 3.8) is 0 Å². The molecule has 1 rings (SSSR count). The van der Waals surface area contributed by atoms with Gasteiger partial charge in [-0.05, 0) is 32.4 Å². The molecule has 90 valence electrons. The minimum atomic E-state index is 0.528. The number of hydrogen-bond acceptors (Lipinski definition) is 3. The molecule has 1 N–H and O–H groups in total. The van der Waals surface area contributed by atoms with Crippen molar-refractivity contribution in [2.45, 2.75) is 38.6 Å². The summed E-state index contributed by atoms with van der Waals surface area (Å²) in [5.74, 6) is 0. The van der Waals surface area contributed by atoms with E-state index in [2.05, 4.69) is 17.1 Å². The molecule has 0 saturated carbocycles. The average Bonchev–Trinajstić information content (AvgIpc) is 2.29. The van der Waals surface area contributed by atoms with Crippen molar-refractivity contribution in [3.05, 3.63) is 0 Å². The third kappa shape index (κ3) is 5.50. The minimum Gasteiger partial charge on any atom is -0.383 e. The quantitative estimate of drug-likeness (QED) is 0.695. The predicted molar refractivity (Wildman–Crippen MR) is 64.2 cm³/mol. The largest absolute Gasteiger partial charge is 0.383 e. The van der Waals surface area contributed by atoms with Crippen molar-refractivity contribution in [2.24, 2.45) is 0 Å². The van der Waals surface area contributed by atoms with Crippen LogP contribution < -0.4 is 5.32 Å². The summed E-state index contributed by atoms with van der Waals surface area (Å²) in [5.41, 5.74) is 0. The Balaban J connectivity index is 2.03. The van der Waals surface area contributed by atoms with Crippen LogP contribution in [-0.2, 0) is 4.74 Å². The number of nitrogens with zero attached hydrogens (tertiary/aromatic N) is 1. The van der Waals surface area contributed by atoms with E-state index in [0.29, 0.717) is 6.04 Å². The molecule has 0 aromatic carbocycles. The molecular formula is C12H26N2O. The lowest BCUT2D eigenvalue weighted by molar-refractivity contribution is 0.159. The fraction of sp³-hybridized carbons (Fsp3) is 1.00. The summed E-state index contributed by atoms with van der Waals surface area (Å²) >= 11 is 0. The average molecular weight is 214 g/mol. The standard InChI is InChI=1S/C12H26N2O/c1-3-12(11-15-2)13-7-10-14-8-5-4-6-9-14/h12-13H,3-11H2,1-2H3. The number of nitrogens with one attached hydrogen (secondary N) is 1. The number of likely N-dealkylation sites (tertiary alicyclic amines) is 1. The lowest BCUT2D eigenvalue weighted by Gasteiger charge is -2.27. The molecule has 1 aliphatic rings. The molecule has 0 aromatic heterocycles. The molecule has 15 heavy (non-hydrogen) atoms. The maximum Gasteiger partial charge on any atom is 0.0615 e. The van der Waals surface area contributed by atoms with Crippen LogP contribution in [0.1, 0.15) is 32.6 Å². The van der Waals surface area contributed by atoms with Crippen LogP contribution >= 0.6 is 0 Å². The summed E-state index contributed by atoms with van der Waals surface area (Å²) in [4.78, 5) is 2.57. The molecule has 1 fully saturated rings. The number of hydrogen-bond donors (Lipinski definition) is 1. The number of rotatable bonds is 7. The molecule has 1 saturated heterocycles. The first-order valence-electron chi connectivity index (χ1n) is 6.31. The van der Waals surface area contributed by atoms with Crippen LogP contribution in [0.5, 0.6) is 0 Å². The molecule has 0 spiro atoms. The Bertz CT molecular complexity index is 142. The van der Waals surface area contributed by atoms with Gasteiger partial charge < -0.3 is 15.0 Å². The van der Waals surface area contributed by atoms with Crippen LogP contribution in [0.15, 0.2) is 0 Å². The van der Waals surface area contributed by atoms with Crippen LogP contribution in [0.4, 0.5) is 0 Å². The first kappa shape index (κ1) is 12.9. The highest BCUT2D eigenvalue weighted by atomic mass is 16.5. The molecule has 0 radical (unpaired) electrons. The van der Waals surface area contributed by atoms with E-state index in [9.17, 15) is 0 Å². The van der Waals surface area contributed by atoms with E-state index < -0.39 is 0 Å². The molecule has 1 heterocycles. The van der Waals surface area contributed by atoms with E-state index in [1.54, 1.807) is 7.11 Å². The Morgan fingerprint density at radius 3 is 2.60 bits per heavy atom. The highest BCUT2D eigenvalue weighted by Gasteiger charge is 2.10. The highest BCUT2D eigenvalue weighted by Crippen LogP contribution is 2.07. The maximum absolute atomic E-state index is 5.16. The van der Waals surface area contributed by atoms with E-state index in [-0.39, 0.29) is 0 Å². The number of ether oxygens (including phenoxy) is 1. The van der Waals surface area contributed by atoms with Gasteiger partial charge in [0.15, 0.2) is 0 Å². The number of piperidine rings is 1. The fourth-order valence-corrected chi connectivity index (χ4v) is 2.13. The second-order valence-electron chi connectivity index (χ2n) is 4.42. The first-order valence-corrected chi connectivity index (χ1v) is 6.31. The van der Waals surface area contributed by atoms with Crippen LogP contribution in [0.2, 0.25) is 0 Å². The molecular weight excluding hydrogens is 188 g/mol. The Morgan fingerprint density at radius 2 is 2.00 bits per heavy atom. The van der Waals surface area contributed by atoms with E-state index in [1.165, 1.54) is 38.9 Å². The molecule has 1 unspecified atom stereocenters. The van der Waals surface area contributed by atoms with Gasteiger partial charge in [-0.1, -0.05) is 13.3 Å². The van der Waals surface area contributed by atoms with E-state index in [1.807, 2.05) is 0 Å². The van der Waals surface area contributed by atoms with Crippen molar-refractivity contribution in [2.75, 3.05) is 39.9 Å². The smallest absolute Gasteiger partial charge is 0.0615 e. The summed E-state index contributed by atoms with van der Waals surface area (Å²) in [5, 5.41) is 3.55. The third-order valence-electron chi connectivity index (χ3n) is 3.17. The van der Waals surface area contributed by atoms with Gasteiger partial charge in [-0.15, -0.1) is 0 Å². The van der Waals surface area contributed by atoms with Gasteiger partial charge in [0, 0.05) is 26.2 Å². The van der Waals surface area contributed by atoms with Gasteiger partial charge in [0.2, 0.25) is 0 Å². The molecule has 0 aliphatic carbocycles. The normalized spacial score (nSPS) is 20.4. The Hall–Kier alpha value is -0.120. The Morgan fingerprint density at radius 1 is 1.27 bits per heavy atom. The van der Waals surface area contributed by atoms with Gasteiger partial charge in [-0.3, -0.25) is 0 Å². The highest BCUT2D eigenvalue weighted by molar-refractivity contribution is 4.68. The summed E-state index contributed by atoms with van der Waals surface area (Å²) in [6.45, 7) is 7.92. The summed E-state index contributed by atoms with van der Waals surface area (Å²) in [6, 6.07) is 0.528. The van der Waals surface area contributed by atoms with Gasteiger partial charge in [0.1, 0.15) is 0 Å². The SMILES string of the molecule is CCC(COC)NCCN1CCCCC1. The van der Waals surface area contributed by atoms with Crippen LogP contribution in [0.25, 0.3) is 0 Å². The van der Waals surface area contributed by atoms with Crippen molar-refractivity contribution in [1.82, 2.24) is 10.2 Å². The zero-order valence-electron chi connectivity index (χ0n) is 10.3. The van der Waals surface area contributed by atoms with Gasteiger partial charge in [-0.25, -0.2) is 0 Å². The third-order valence-corrected chi connectivity index (χ3v) is 3.17. The lowest BCUT2D eigenvalue weighted by Crippen LogP contribution is -2.40. The topological polar surface area (TPSA) is 24.5 Å². The summed E-state index contributed by atoms with van der Waals surface area (Å²) < 4.78 is 5.16.